The van der Waals surface area contributed by atoms with Crippen LogP contribution in [0.1, 0.15) is 200 Å². The first kappa shape index (κ1) is 59.4. The van der Waals surface area contributed by atoms with Crippen molar-refractivity contribution in [3.63, 3.8) is 0 Å². The fourth-order valence-corrected chi connectivity index (χ4v) is 8.21. The average Bonchev–Trinajstić information content (AvgIpc) is 3.30. The minimum Gasteiger partial charge on any atom is -0.462 e. The molecule has 15 nitrogen and oxygen atoms in total. The molecule has 11 unspecified atom stereocenters. The largest absolute Gasteiger partial charge is 0.462 e. The maximum atomic E-state index is 13.0. The van der Waals surface area contributed by atoms with Gasteiger partial charge in [0, 0.05) is 12.8 Å². The van der Waals surface area contributed by atoms with Crippen LogP contribution in [-0.2, 0) is 38.0 Å². The lowest BCUT2D eigenvalue weighted by molar-refractivity contribution is -0.332. The van der Waals surface area contributed by atoms with Gasteiger partial charge in [-0.05, 0) is 38.5 Å². The van der Waals surface area contributed by atoms with Gasteiger partial charge in [0.25, 0.3) is 0 Å². The second-order valence-corrected chi connectivity index (χ2v) is 18.4. The third-order valence-corrected chi connectivity index (χ3v) is 12.5. The van der Waals surface area contributed by atoms with Crippen LogP contribution in [0.5, 0.6) is 0 Å². The summed E-state index contributed by atoms with van der Waals surface area (Å²) in [5, 5.41) is 71.9. The molecule has 2 fully saturated rings. The Labute approximate surface area is 390 Å². The van der Waals surface area contributed by atoms with Gasteiger partial charge in [0.1, 0.15) is 55.4 Å². The predicted molar refractivity (Wildman–Crippen MR) is 248 cm³/mol. The SMILES string of the molecule is CCCCCCCCCC/C=C\CCCCCCCCCCCC(=O)OC(COC(=O)CCCCCCCCCC)COC1OC(COC2OC(CO)C(O)C(O)C2O)C(O)C(O)C1O. The summed E-state index contributed by atoms with van der Waals surface area (Å²) in [4.78, 5) is 25.6. The maximum absolute atomic E-state index is 13.0. The number of aliphatic hydroxyl groups is 7. The van der Waals surface area contributed by atoms with Crippen molar-refractivity contribution in [2.45, 2.75) is 268 Å². The number of rotatable bonds is 40. The number of allylic oxidation sites excluding steroid dienone is 2. The van der Waals surface area contributed by atoms with Crippen LogP contribution in [0.25, 0.3) is 0 Å². The standard InChI is InChI=1S/C50H92O15/c1-3-5-7-9-11-13-14-15-16-17-18-19-20-21-22-23-24-25-27-29-31-33-42(53)63-38(35-60-41(52)32-30-28-26-12-10-8-6-4-2)36-61-49-48(59)46(57)44(55)40(65-49)37-62-50-47(58)45(56)43(54)39(34-51)64-50/h17-18,38-40,43-51,54-59H,3-16,19-37H2,1-2H3/b18-17-. The van der Waals surface area contributed by atoms with Crippen LogP contribution in [0.4, 0.5) is 0 Å². The molecule has 0 aliphatic carbocycles. The third-order valence-electron chi connectivity index (χ3n) is 12.5. The van der Waals surface area contributed by atoms with Gasteiger partial charge in [0.05, 0.1) is 19.8 Å². The highest BCUT2D eigenvalue weighted by Gasteiger charge is 2.47. The van der Waals surface area contributed by atoms with Gasteiger partial charge < -0.3 is 64.2 Å². The molecule has 7 N–H and O–H groups in total. The minimum absolute atomic E-state index is 0.167. The zero-order valence-corrected chi connectivity index (χ0v) is 40.2. The molecule has 2 heterocycles. The van der Waals surface area contributed by atoms with Gasteiger partial charge in [-0.15, -0.1) is 0 Å². The summed E-state index contributed by atoms with van der Waals surface area (Å²) in [7, 11) is 0. The predicted octanol–water partition coefficient (Wildman–Crippen LogP) is 6.99. The highest BCUT2D eigenvalue weighted by molar-refractivity contribution is 5.70. The summed E-state index contributed by atoms with van der Waals surface area (Å²) >= 11 is 0. The number of hydrogen-bond donors (Lipinski definition) is 7. The molecule has 15 heteroatoms. The van der Waals surface area contributed by atoms with Crippen LogP contribution < -0.4 is 0 Å². The molecule has 0 radical (unpaired) electrons. The second kappa shape index (κ2) is 38.1. The number of carbonyl (C=O) groups is 2. The van der Waals surface area contributed by atoms with Gasteiger partial charge >= 0.3 is 11.9 Å². The summed E-state index contributed by atoms with van der Waals surface area (Å²) < 4.78 is 33.5. The molecule has 0 aromatic carbocycles. The molecular formula is C50H92O15. The van der Waals surface area contributed by atoms with Crippen LogP contribution >= 0.6 is 0 Å². The smallest absolute Gasteiger partial charge is 0.306 e. The number of carbonyl (C=O) groups excluding carboxylic acids is 2. The first-order valence-electron chi connectivity index (χ1n) is 25.8. The van der Waals surface area contributed by atoms with Crippen molar-refractivity contribution in [2.24, 2.45) is 0 Å². The molecule has 2 saturated heterocycles. The Morgan fingerprint density at radius 1 is 0.477 bits per heavy atom. The van der Waals surface area contributed by atoms with E-state index >= 15 is 0 Å². The molecule has 0 spiro atoms. The van der Waals surface area contributed by atoms with E-state index in [2.05, 4.69) is 26.0 Å². The normalized spacial score (nSPS) is 26.4. The molecule has 0 aromatic rings. The molecule has 0 saturated carbocycles. The molecule has 0 bridgehead atoms. The van der Waals surface area contributed by atoms with Gasteiger partial charge in [-0.2, -0.15) is 0 Å². The van der Waals surface area contributed by atoms with E-state index in [1.54, 1.807) is 0 Å². The highest BCUT2D eigenvalue weighted by atomic mass is 16.7. The Morgan fingerprint density at radius 2 is 0.877 bits per heavy atom. The van der Waals surface area contributed by atoms with E-state index in [0.717, 1.165) is 38.5 Å². The molecule has 65 heavy (non-hydrogen) atoms. The Kier molecular flexibility index (Phi) is 34.8. The van der Waals surface area contributed by atoms with E-state index in [1.807, 2.05) is 0 Å². The fourth-order valence-electron chi connectivity index (χ4n) is 8.21. The minimum atomic E-state index is -1.76. The zero-order chi connectivity index (χ0) is 47.5. The summed E-state index contributed by atoms with van der Waals surface area (Å²) in [6.07, 6.45) is 19.8. The molecule has 2 aliphatic rings. The molecule has 2 rings (SSSR count). The first-order valence-corrected chi connectivity index (χ1v) is 25.8. The lowest BCUT2D eigenvalue weighted by Crippen LogP contribution is -2.61. The van der Waals surface area contributed by atoms with Gasteiger partial charge in [-0.1, -0.05) is 161 Å². The quantitative estimate of drug-likeness (QED) is 0.0187. The number of ether oxygens (including phenoxy) is 6. The fraction of sp³-hybridized carbons (Fsp3) is 0.920. The van der Waals surface area contributed by atoms with E-state index in [4.69, 9.17) is 28.4 Å². The lowest BCUT2D eigenvalue weighted by Gasteiger charge is -2.42. The molecule has 382 valence electrons. The third kappa shape index (κ3) is 26.5. The highest BCUT2D eigenvalue weighted by Crippen LogP contribution is 2.26. The van der Waals surface area contributed by atoms with Crippen LogP contribution in [0.15, 0.2) is 12.2 Å². The van der Waals surface area contributed by atoms with Crippen molar-refractivity contribution < 1.29 is 73.8 Å². The van der Waals surface area contributed by atoms with Crippen molar-refractivity contribution in [1.29, 1.82) is 0 Å². The van der Waals surface area contributed by atoms with Crippen LogP contribution in [0.2, 0.25) is 0 Å². The van der Waals surface area contributed by atoms with Crippen molar-refractivity contribution in [3.8, 4) is 0 Å². The van der Waals surface area contributed by atoms with Crippen molar-refractivity contribution >= 4 is 11.9 Å². The van der Waals surface area contributed by atoms with Crippen molar-refractivity contribution in [1.82, 2.24) is 0 Å². The summed E-state index contributed by atoms with van der Waals surface area (Å²) in [5.41, 5.74) is 0. The first-order chi connectivity index (χ1) is 31.5. The Balaban J connectivity index is 1.75. The summed E-state index contributed by atoms with van der Waals surface area (Å²) in [6, 6.07) is 0. The van der Waals surface area contributed by atoms with E-state index in [9.17, 15) is 45.3 Å². The number of aliphatic hydroxyl groups excluding tert-OH is 7. The van der Waals surface area contributed by atoms with Crippen molar-refractivity contribution in [3.05, 3.63) is 12.2 Å². The molecular weight excluding hydrogens is 841 g/mol. The Hall–Kier alpha value is -1.76. The number of esters is 2. The van der Waals surface area contributed by atoms with E-state index in [1.165, 1.54) is 122 Å². The Morgan fingerprint density at radius 3 is 1.35 bits per heavy atom. The second-order valence-electron chi connectivity index (χ2n) is 18.4. The van der Waals surface area contributed by atoms with E-state index in [0.29, 0.717) is 12.8 Å². The van der Waals surface area contributed by atoms with Gasteiger partial charge in [-0.25, -0.2) is 0 Å². The number of hydrogen-bond acceptors (Lipinski definition) is 15. The van der Waals surface area contributed by atoms with Gasteiger partial charge in [0.2, 0.25) is 0 Å². The van der Waals surface area contributed by atoms with Crippen LogP contribution in [0, 0.1) is 0 Å². The molecule has 0 aromatic heterocycles. The van der Waals surface area contributed by atoms with E-state index in [-0.39, 0.29) is 26.1 Å². The average molecular weight is 933 g/mol. The monoisotopic (exact) mass is 933 g/mol. The zero-order valence-electron chi connectivity index (χ0n) is 40.2. The summed E-state index contributed by atoms with van der Waals surface area (Å²) in [6.45, 7) is 2.56. The van der Waals surface area contributed by atoms with Gasteiger partial charge in [0.15, 0.2) is 18.7 Å². The molecule has 2 aliphatic heterocycles. The molecule has 0 amide bonds. The molecule has 11 atom stereocenters. The Bertz CT molecular complexity index is 1190. The van der Waals surface area contributed by atoms with Crippen LogP contribution in [0.3, 0.4) is 0 Å². The maximum Gasteiger partial charge on any atom is 0.306 e. The topological polar surface area (TPSA) is 231 Å². The van der Waals surface area contributed by atoms with Gasteiger partial charge in [-0.3, -0.25) is 9.59 Å². The number of unbranched alkanes of at least 4 members (excludes halogenated alkanes) is 24. The van der Waals surface area contributed by atoms with Crippen molar-refractivity contribution in [2.75, 3.05) is 26.4 Å². The lowest BCUT2D eigenvalue weighted by atomic mass is 9.98. The van der Waals surface area contributed by atoms with E-state index < -0.39 is 92.7 Å². The summed E-state index contributed by atoms with van der Waals surface area (Å²) in [5.74, 6) is -0.924. The van der Waals surface area contributed by atoms with Crippen LogP contribution in [-0.4, -0.2) is 142 Å².